The number of aromatic nitrogens is 3. The van der Waals surface area contributed by atoms with E-state index >= 15 is 0 Å². The number of carbonyl (C=O) groups is 1. The first kappa shape index (κ1) is 18.8. The van der Waals surface area contributed by atoms with Crippen molar-refractivity contribution in [1.29, 1.82) is 0 Å². The van der Waals surface area contributed by atoms with Crippen LogP contribution in [-0.2, 0) is 24.3 Å². The molecule has 1 N–H and O–H groups in total. The fraction of sp³-hybridized carbons (Fsp3) is 0.263. The minimum absolute atomic E-state index is 0.235. The Morgan fingerprint density at radius 3 is 2.52 bits per heavy atom. The molecule has 7 nitrogen and oxygen atoms in total. The Bertz CT molecular complexity index is 1090. The largest absolute Gasteiger partial charge is 0.354 e. The number of amides is 1. The zero-order valence-electron chi connectivity index (χ0n) is 14.8. The van der Waals surface area contributed by atoms with Gasteiger partial charge >= 0.3 is 11.1 Å². The maximum absolute atomic E-state index is 12.4. The first-order chi connectivity index (χ1) is 13.0. The highest BCUT2D eigenvalue weighted by molar-refractivity contribution is 6.30. The summed E-state index contributed by atoms with van der Waals surface area (Å²) in [4.78, 5) is 41.2. The van der Waals surface area contributed by atoms with Gasteiger partial charge in [0.1, 0.15) is 6.54 Å². The molecule has 0 saturated heterocycles. The Kier molecular flexibility index (Phi) is 5.71. The lowest BCUT2D eigenvalue weighted by Crippen LogP contribution is -2.44. The molecule has 0 fully saturated rings. The van der Waals surface area contributed by atoms with Crippen LogP contribution in [-0.4, -0.2) is 26.6 Å². The normalized spacial score (nSPS) is 10.9. The van der Waals surface area contributed by atoms with E-state index in [0.29, 0.717) is 35.7 Å². The van der Waals surface area contributed by atoms with Crippen LogP contribution in [0.15, 0.2) is 52.2 Å². The van der Waals surface area contributed by atoms with Crippen LogP contribution in [0.3, 0.4) is 0 Å². The van der Waals surface area contributed by atoms with E-state index < -0.39 is 11.1 Å². The monoisotopic (exact) mass is 386 g/mol. The molecule has 8 heteroatoms. The van der Waals surface area contributed by atoms with Crippen molar-refractivity contribution in [1.82, 2.24) is 19.4 Å². The number of pyridine rings is 1. The molecule has 0 aliphatic heterocycles. The van der Waals surface area contributed by atoms with E-state index in [4.69, 9.17) is 11.6 Å². The molecule has 1 aromatic carbocycles. The third-order valence-electron chi connectivity index (χ3n) is 4.25. The van der Waals surface area contributed by atoms with Gasteiger partial charge in [0, 0.05) is 24.3 Å². The van der Waals surface area contributed by atoms with Gasteiger partial charge in [0.25, 0.3) is 0 Å². The molecule has 27 heavy (non-hydrogen) atoms. The van der Waals surface area contributed by atoms with E-state index in [1.807, 2.05) is 12.1 Å². The van der Waals surface area contributed by atoms with Crippen molar-refractivity contribution < 1.29 is 4.79 Å². The van der Waals surface area contributed by atoms with E-state index in [2.05, 4.69) is 10.3 Å². The van der Waals surface area contributed by atoms with Gasteiger partial charge in [0.05, 0.1) is 5.52 Å². The van der Waals surface area contributed by atoms with Gasteiger partial charge in [-0.3, -0.25) is 23.5 Å². The minimum atomic E-state index is -0.731. The summed E-state index contributed by atoms with van der Waals surface area (Å²) in [7, 11) is 0. The first-order valence-electron chi connectivity index (χ1n) is 8.60. The van der Waals surface area contributed by atoms with Crippen molar-refractivity contribution in [2.24, 2.45) is 0 Å². The van der Waals surface area contributed by atoms with Crippen LogP contribution >= 0.6 is 11.6 Å². The van der Waals surface area contributed by atoms with Crippen LogP contribution in [0.2, 0.25) is 5.02 Å². The molecule has 0 saturated carbocycles. The zero-order valence-corrected chi connectivity index (χ0v) is 15.6. The molecule has 0 atom stereocenters. The number of halogens is 1. The number of nitrogens with one attached hydrogen (secondary N) is 1. The predicted octanol–water partition coefficient (Wildman–Crippen LogP) is 1.59. The van der Waals surface area contributed by atoms with E-state index in [1.165, 1.54) is 9.13 Å². The van der Waals surface area contributed by atoms with E-state index in [9.17, 15) is 14.4 Å². The van der Waals surface area contributed by atoms with Crippen molar-refractivity contribution >= 4 is 28.7 Å². The summed E-state index contributed by atoms with van der Waals surface area (Å²) in [6.07, 6.45) is 2.19. The molecule has 0 bridgehead atoms. The Morgan fingerprint density at radius 2 is 1.81 bits per heavy atom. The molecule has 140 valence electrons. The third-order valence-corrected chi connectivity index (χ3v) is 4.50. The molecule has 0 aliphatic carbocycles. The summed E-state index contributed by atoms with van der Waals surface area (Å²) in [6.45, 7) is 2.28. The van der Waals surface area contributed by atoms with Crippen molar-refractivity contribution in [2.75, 3.05) is 6.54 Å². The fourth-order valence-corrected chi connectivity index (χ4v) is 3.02. The van der Waals surface area contributed by atoms with Gasteiger partial charge < -0.3 is 5.32 Å². The van der Waals surface area contributed by atoms with Crippen LogP contribution in [0, 0.1) is 0 Å². The van der Waals surface area contributed by atoms with Crippen molar-refractivity contribution in [2.45, 2.75) is 26.4 Å². The quantitative estimate of drug-likeness (QED) is 0.652. The molecule has 2 heterocycles. The van der Waals surface area contributed by atoms with Gasteiger partial charge in [-0.1, -0.05) is 23.7 Å². The highest BCUT2D eigenvalue weighted by Gasteiger charge is 2.15. The van der Waals surface area contributed by atoms with Gasteiger partial charge in [-0.25, -0.2) is 4.98 Å². The Hall–Kier alpha value is -2.93. The molecule has 3 aromatic rings. The van der Waals surface area contributed by atoms with Crippen LogP contribution in [0.4, 0.5) is 0 Å². The lowest BCUT2D eigenvalue weighted by molar-refractivity contribution is -0.121. The number of fused-ring (bicyclic) bond motifs is 1. The van der Waals surface area contributed by atoms with Crippen molar-refractivity contribution in [3.63, 3.8) is 0 Å². The highest BCUT2D eigenvalue weighted by atomic mass is 35.5. The van der Waals surface area contributed by atoms with E-state index in [-0.39, 0.29) is 12.5 Å². The summed E-state index contributed by atoms with van der Waals surface area (Å²) >= 11 is 5.85. The van der Waals surface area contributed by atoms with Crippen LogP contribution in [0.1, 0.15) is 12.5 Å². The molecule has 0 aliphatic rings. The maximum Gasteiger partial charge on any atom is 0.318 e. The molecule has 0 unspecified atom stereocenters. The second kappa shape index (κ2) is 8.18. The summed E-state index contributed by atoms with van der Waals surface area (Å²) in [5, 5.41) is 3.43. The van der Waals surface area contributed by atoms with Crippen LogP contribution in [0.25, 0.3) is 11.2 Å². The highest BCUT2D eigenvalue weighted by Crippen LogP contribution is 2.10. The van der Waals surface area contributed by atoms with Gasteiger partial charge in [-0.15, -0.1) is 0 Å². The summed E-state index contributed by atoms with van der Waals surface area (Å²) in [5.74, 6) is -0.343. The van der Waals surface area contributed by atoms with Gasteiger partial charge in [-0.05, 0) is 43.2 Å². The summed E-state index contributed by atoms with van der Waals surface area (Å²) in [5.41, 5.74) is 0.468. The summed E-state index contributed by atoms with van der Waals surface area (Å²) in [6, 6.07) is 10.7. The minimum Gasteiger partial charge on any atom is -0.354 e. The second-order valence-electron chi connectivity index (χ2n) is 6.01. The molecule has 3 rings (SSSR count). The molecule has 2 aromatic heterocycles. The van der Waals surface area contributed by atoms with Crippen LogP contribution < -0.4 is 16.4 Å². The molecule has 0 spiro atoms. The Morgan fingerprint density at radius 1 is 1.11 bits per heavy atom. The number of nitrogens with zero attached hydrogens (tertiary/aromatic N) is 3. The number of hydrogen-bond acceptors (Lipinski definition) is 4. The lowest BCUT2D eigenvalue weighted by Gasteiger charge is -2.13. The topological polar surface area (TPSA) is 86.0 Å². The molecular weight excluding hydrogens is 368 g/mol. The van der Waals surface area contributed by atoms with Crippen LogP contribution in [0.5, 0.6) is 0 Å². The SMILES string of the molecule is CCn1c(=O)c(=O)n(CC(=O)NCCc2ccc(Cl)cc2)c2cccnc21. The number of hydrogen-bond donors (Lipinski definition) is 1. The Balaban J connectivity index is 1.77. The van der Waals surface area contributed by atoms with Gasteiger partial charge in [0.2, 0.25) is 5.91 Å². The fourth-order valence-electron chi connectivity index (χ4n) is 2.89. The predicted molar refractivity (Wildman–Crippen MR) is 104 cm³/mol. The zero-order chi connectivity index (χ0) is 19.4. The van der Waals surface area contributed by atoms with E-state index in [0.717, 1.165) is 5.56 Å². The number of rotatable bonds is 6. The smallest absolute Gasteiger partial charge is 0.318 e. The average Bonchev–Trinajstić information content (AvgIpc) is 2.67. The van der Waals surface area contributed by atoms with Crippen molar-refractivity contribution in [3.8, 4) is 0 Å². The third kappa shape index (κ3) is 4.09. The maximum atomic E-state index is 12.4. The average molecular weight is 387 g/mol. The molecular formula is C19H19ClN4O3. The molecule has 1 amide bonds. The second-order valence-corrected chi connectivity index (χ2v) is 6.45. The Labute approximate surface area is 160 Å². The van der Waals surface area contributed by atoms with Gasteiger partial charge in [-0.2, -0.15) is 0 Å². The number of aryl methyl sites for hydroxylation is 1. The van der Waals surface area contributed by atoms with Crippen molar-refractivity contribution in [3.05, 3.63) is 73.9 Å². The number of carbonyl (C=O) groups excluding carboxylic acids is 1. The molecule has 0 radical (unpaired) electrons. The summed E-state index contributed by atoms with van der Waals surface area (Å²) < 4.78 is 2.49. The van der Waals surface area contributed by atoms with E-state index in [1.54, 1.807) is 37.4 Å². The lowest BCUT2D eigenvalue weighted by atomic mass is 10.1. The van der Waals surface area contributed by atoms with Gasteiger partial charge in [0.15, 0.2) is 5.65 Å². The first-order valence-corrected chi connectivity index (χ1v) is 8.98. The standard InChI is InChI=1S/C19H19ClN4O3/c1-2-23-17-15(4-3-10-22-17)24(19(27)18(23)26)12-16(25)21-11-9-13-5-7-14(20)8-6-13/h3-8,10H,2,9,11-12H2,1H3,(H,21,25). The number of benzene rings is 1.